The van der Waals surface area contributed by atoms with E-state index in [9.17, 15) is 17.6 Å². The Bertz CT molecular complexity index is 555. The number of amides is 1. The van der Waals surface area contributed by atoms with Gasteiger partial charge in [0.15, 0.2) is 20.7 Å². The van der Waals surface area contributed by atoms with Crippen molar-refractivity contribution >= 4 is 15.7 Å². The van der Waals surface area contributed by atoms with E-state index in [1.807, 2.05) is 0 Å². The molecule has 0 unspecified atom stereocenters. The van der Waals surface area contributed by atoms with Crippen molar-refractivity contribution in [2.24, 2.45) is 5.92 Å². The molecule has 1 aliphatic carbocycles. The molecule has 2 rings (SSSR count). The standard InChI is InChI=1S/C11H13FN2O3S/c12-9-2-1-5-14-11(9)18(16,17)7-6-13-10(15)8-3-4-8/h1-2,5,8H,3-4,6-7H2,(H,13,15). The molecule has 1 aromatic heterocycles. The molecule has 0 saturated heterocycles. The van der Waals surface area contributed by atoms with Crippen molar-refractivity contribution in [3.8, 4) is 0 Å². The number of hydrogen-bond acceptors (Lipinski definition) is 4. The Morgan fingerprint density at radius 1 is 1.50 bits per heavy atom. The number of carbonyl (C=O) groups excluding carboxylic acids is 1. The summed E-state index contributed by atoms with van der Waals surface area (Å²) in [5.41, 5.74) is 0. The third-order valence-corrected chi connectivity index (χ3v) is 4.27. The van der Waals surface area contributed by atoms with E-state index >= 15 is 0 Å². The lowest BCUT2D eigenvalue weighted by Gasteiger charge is -2.06. The molecule has 0 atom stereocenters. The fraction of sp³-hybridized carbons (Fsp3) is 0.455. The van der Waals surface area contributed by atoms with Crippen molar-refractivity contribution in [2.45, 2.75) is 17.9 Å². The van der Waals surface area contributed by atoms with Crippen LogP contribution in [0.4, 0.5) is 4.39 Å². The topological polar surface area (TPSA) is 76.1 Å². The normalized spacial score (nSPS) is 15.4. The molecule has 1 amide bonds. The summed E-state index contributed by atoms with van der Waals surface area (Å²) in [4.78, 5) is 14.8. The van der Waals surface area contributed by atoms with Gasteiger partial charge in [-0.3, -0.25) is 4.79 Å². The first-order chi connectivity index (χ1) is 8.50. The third kappa shape index (κ3) is 3.04. The maximum absolute atomic E-state index is 13.3. The number of aromatic nitrogens is 1. The van der Waals surface area contributed by atoms with Crippen LogP contribution < -0.4 is 5.32 Å². The van der Waals surface area contributed by atoms with Crippen LogP contribution in [0.5, 0.6) is 0 Å². The Morgan fingerprint density at radius 3 is 2.83 bits per heavy atom. The van der Waals surface area contributed by atoms with Gasteiger partial charge >= 0.3 is 0 Å². The van der Waals surface area contributed by atoms with Gasteiger partial charge in [-0.2, -0.15) is 0 Å². The van der Waals surface area contributed by atoms with Gasteiger partial charge in [-0.05, 0) is 25.0 Å². The highest BCUT2D eigenvalue weighted by atomic mass is 32.2. The first-order valence-electron chi connectivity index (χ1n) is 5.62. The van der Waals surface area contributed by atoms with Gasteiger partial charge in [-0.25, -0.2) is 17.8 Å². The monoisotopic (exact) mass is 272 g/mol. The van der Waals surface area contributed by atoms with Gasteiger partial charge < -0.3 is 5.32 Å². The van der Waals surface area contributed by atoms with Gasteiger partial charge in [0.2, 0.25) is 5.91 Å². The van der Waals surface area contributed by atoms with Crippen LogP contribution in [0, 0.1) is 11.7 Å². The first-order valence-corrected chi connectivity index (χ1v) is 7.27. The average molecular weight is 272 g/mol. The van der Waals surface area contributed by atoms with Gasteiger partial charge in [-0.1, -0.05) is 0 Å². The van der Waals surface area contributed by atoms with E-state index in [-0.39, 0.29) is 24.1 Å². The number of nitrogens with one attached hydrogen (secondary N) is 1. The van der Waals surface area contributed by atoms with Crippen molar-refractivity contribution < 1.29 is 17.6 Å². The lowest BCUT2D eigenvalue weighted by molar-refractivity contribution is -0.122. The van der Waals surface area contributed by atoms with Gasteiger partial charge in [0.1, 0.15) is 0 Å². The predicted octanol–water partition coefficient (Wildman–Crippen LogP) is 0.521. The third-order valence-electron chi connectivity index (χ3n) is 2.64. The van der Waals surface area contributed by atoms with Crippen molar-refractivity contribution in [2.75, 3.05) is 12.3 Å². The summed E-state index contributed by atoms with van der Waals surface area (Å²) in [6.45, 7) is -0.0202. The van der Waals surface area contributed by atoms with Crippen LogP contribution in [0.2, 0.25) is 0 Å². The van der Waals surface area contributed by atoms with Crippen molar-refractivity contribution in [1.82, 2.24) is 10.3 Å². The van der Waals surface area contributed by atoms with E-state index in [0.29, 0.717) is 0 Å². The van der Waals surface area contributed by atoms with E-state index in [0.717, 1.165) is 18.9 Å². The van der Waals surface area contributed by atoms with Crippen LogP contribution in [-0.4, -0.2) is 31.6 Å². The maximum Gasteiger partial charge on any atom is 0.223 e. The molecule has 1 heterocycles. The fourth-order valence-electron chi connectivity index (χ4n) is 1.50. The number of halogens is 1. The molecule has 0 bridgehead atoms. The van der Waals surface area contributed by atoms with Crippen molar-refractivity contribution in [1.29, 1.82) is 0 Å². The second kappa shape index (κ2) is 5.01. The largest absolute Gasteiger partial charge is 0.355 e. The van der Waals surface area contributed by atoms with Crippen LogP contribution in [0.1, 0.15) is 12.8 Å². The average Bonchev–Trinajstić information content (AvgIpc) is 3.12. The summed E-state index contributed by atoms with van der Waals surface area (Å²) in [6.07, 6.45) is 2.93. The minimum absolute atomic E-state index is 0.0202. The zero-order chi connectivity index (χ0) is 13.2. The molecule has 98 valence electrons. The molecular weight excluding hydrogens is 259 g/mol. The number of hydrogen-bond donors (Lipinski definition) is 1. The first kappa shape index (κ1) is 12.9. The SMILES string of the molecule is O=C(NCCS(=O)(=O)c1ncccc1F)C1CC1. The highest BCUT2D eigenvalue weighted by molar-refractivity contribution is 7.91. The van der Waals surface area contributed by atoms with E-state index in [1.54, 1.807) is 0 Å². The summed E-state index contributed by atoms with van der Waals surface area (Å²) in [6, 6.07) is 2.37. The summed E-state index contributed by atoms with van der Waals surface area (Å²) in [5, 5.41) is 1.96. The van der Waals surface area contributed by atoms with E-state index in [1.165, 1.54) is 12.3 Å². The number of pyridine rings is 1. The Morgan fingerprint density at radius 2 is 2.22 bits per heavy atom. The Balaban J connectivity index is 1.95. The van der Waals surface area contributed by atoms with Crippen LogP contribution in [0.15, 0.2) is 23.4 Å². The molecule has 1 fully saturated rings. The molecule has 18 heavy (non-hydrogen) atoms. The number of nitrogens with zero attached hydrogens (tertiary/aromatic N) is 1. The minimum atomic E-state index is -3.79. The lowest BCUT2D eigenvalue weighted by Crippen LogP contribution is -2.30. The van der Waals surface area contributed by atoms with Gasteiger partial charge in [0, 0.05) is 18.7 Å². The van der Waals surface area contributed by atoms with E-state index < -0.39 is 20.7 Å². The van der Waals surface area contributed by atoms with Gasteiger partial charge in [0.05, 0.1) is 5.75 Å². The molecule has 1 saturated carbocycles. The molecular formula is C11H13FN2O3S. The summed E-state index contributed by atoms with van der Waals surface area (Å²) in [7, 11) is -3.79. The van der Waals surface area contributed by atoms with Crippen molar-refractivity contribution in [3.63, 3.8) is 0 Å². The van der Waals surface area contributed by atoms with Crippen LogP contribution in [-0.2, 0) is 14.6 Å². The van der Waals surface area contributed by atoms with Crippen LogP contribution in [0.3, 0.4) is 0 Å². The zero-order valence-corrected chi connectivity index (χ0v) is 10.4. The highest BCUT2D eigenvalue weighted by Gasteiger charge is 2.29. The summed E-state index contributed by atoms with van der Waals surface area (Å²) >= 11 is 0. The molecule has 0 aromatic carbocycles. The van der Waals surface area contributed by atoms with Crippen LogP contribution >= 0.6 is 0 Å². The van der Waals surface area contributed by atoms with Gasteiger partial charge in [-0.15, -0.1) is 0 Å². The van der Waals surface area contributed by atoms with E-state index in [4.69, 9.17) is 0 Å². The number of rotatable bonds is 5. The second-order valence-electron chi connectivity index (χ2n) is 4.17. The molecule has 0 radical (unpaired) electrons. The Kier molecular flexibility index (Phi) is 3.60. The van der Waals surface area contributed by atoms with Gasteiger partial charge in [0.25, 0.3) is 0 Å². The fourth-order valence-corrected chi connectivity index (χ4v) is 2.65. The zero-order valence-electron chi connectivity index (χ0n) is 9.60. The summed E-state index contributed by atoms with van der Waals surface area (Å²) in [5.74, 6) is -1.32. The molecule has 1 aliphatic rings. The Hall–Kier alpha value is -1.50. The lowest BCUT2D eigenvalue weighted by atomic mass is 10.4. The maximum atomic E-state index is 13.3. The molecule has 0 aliphatic heterocycles. The minimum Gasteiger partial charge on any atom is -0.355 e. The van der Waals surface area contributed by atoms with Crippen molar-refractivity contribution in [3.05, 3.63) is 24.1 Å². The second-order valence-corrected chi connectivity index (χ2v) is 6.20. The van der Waals surface area contributed by atoms with Crippen LogP contribution in [0.25, 0.3) is 0 Å². The number of carbonyl (C=O) groups is 1. The quantitative estimate of drug-likeness (QED) is 0.848. The highest BCUT2D eigenvalue weighted by Crippen LogP contribution is 2.28. The molecule has 1 N–H and O–H groups in total. The predicted molar refractivity (Wildman–Crippen MR) is 62.0 cm³/mol. The molecule has 7 heteroatoms. The smallest absolute Gasteiger partial charge is 0.223 e. The number of sulfone groups is 1. The molecule has 1 aromatic rings. The van der Waals surface area contributed by atoms with E-state index in [2.05, 4.69) is 10.3 Å². The molecule has 0 spiro atoms. The summed E-state index contributed by atoms with van der Waals surface area (Å²) < 4.78 is 36.8. The Labute approximate surface area is 104 Å². The molecule has 5 nitrogen and oxygen atoms in total.